The lowest BCUT2D eigenvalue weighted by Gasteiger charge is -2.24. The number of quaternary nitrogens is 1. The maximum atomic E-state index is 12.1. The smallest absolute Gasteiger partial charge is 0.275 e. The molecule has 1 aromatic carbocycles. The number of carbonyl (C=O) groups excluding carboxylic acids is 1. The van der Waals surface area contributed by atoms with Crippen molar-refractivity contribution in [1.82, 2.24) is 5.32 Å². The summed E-state index contributed by atoms with van der Waals surface area (Å²) >= 11 is 5.85. The lowest BCUT2D eigenvalue weighted by Crippen LogP contribution is -3.09. The average molecular weight is 346 g/mol. The van der Waals surface area contributed by atoms with Gasteiger partial charge in [0.15, 0.2) is 16.4 Å². The number of nitrogens with one attached hydrogen (secondary N) is 2. The summed E-state index contributed by atoms with van der Waals surface area (Å²) in [6.07, 6.45) is 0.483. The lowest BCUT2D eigenvalue weighted by molar-refractivity contribution is -0.885. The first-order valence-corrected chi connectivity index (χ1v) is 9.45. The molecule has 7 heteroatoms. The normalized spacial score (nSPS) is 24.9. The van der Waals surface area contributed by atoms with Crippen molar-refractivity contribution in [2.75, 3.05) is 25.1 Å². The number of carbonyl (C=O) groups is 1. The van der Waals surface area contributed by atoms with Crippen molar-refractivity contribution in [3.05, 3.63) is 34.9 Å². The fraction of sp³-hybridized carbons (Fsp3) is 0.533. The molecule has 1 aromatic rings. The highest BCUT2D eigenvalue weighted by molar-refractivity contribution is 7.91. The maximum absolute atomic E-state index is 12.1. The molecular weight excluding hydrogens is 324 g/mol. The molecule has 1 unspecified atom stereocenters. The third kappa shape index (κ3) is 4.97. The molecule has 1 aliphatic rings. The van der Waals surface area contributed by atoms with Gasteiger partial charge in [-0.3, -0.25) is 4.79 Å². The van der Waals surface area contributed by atoms with Gasteiger partial charge in [-0.15, -0.1) is 0 Å². The van der Waals surface area contributed by atoms with Crippen molar-refractivity contribution >= 4 is 27.3 Å². The zero-order chi connectivity index (χ0) is 16.4. The van der Waals surface area contributed by atoms with E-state index in [0.29, 0.717) is 24.5 Å². The summed E-state index contributed by atoms with van der Waals surface area (Å²) < 4.78 is 23.1. The number of rotatable bonds is 5. The van der Waals surface area contributed by atoms with E-state index in [-0.39, 0.29) is 17.4 Å². The van der Waals surface area contributed by atoms with Crippen molar-refractivity contribution in [2.45, 2.75) is 25.4 Å². The Morgan fingerprint density at radius 2 is 2.00 bits per heavy atom. The second-order valence-corrected chi connectivity index (χ2v) is 9.01. The fourth-order valence-electron chi connectivity index (χ4n) is 2.78. The molecule has 0 spiro atoms. The van der Waals surface area contributed by atoms with Crippen LogP contribution >= 0.6 is 11.6 Å². The van der Waals surface area contributed by atoms with Gasteiger partial charge in [-0.05, 0) is 25.5 Å². The van der Waals surface area contributed by atoms with Crippen LogP contribution in [0.5, 0.6) is 0 Å². The first-order valence-electron chi connectivity index (χ1n) is 7.25. The Hall–Kier alpha value is -1.11. The van der Waals surface area contributed by atoms with Gasteiger partial charge in [0.1, 0.15) is 6.54 Å². The minimum atomic E-state index is -3.01. The summed E-state index contributed by atoms with van der Waals surface area (Å²) in [6, 6.07) is 7.53. The average Bonchev–Trinajstić information content (AvgIpc) is 2.65. The van der Waals surface area contributed by atoms with Crippen molar-refractivity contribution in [3.8, 4) is 0 Å². The first kappa shape index (κ1) is 17.2. The number of amides is 1. The van der Waals surface area contributed by atoms with E-state index in [0.717, 1.165) is 10.5 Å². The minimum Gasteiger partial charge on any atom is -0.345 e. The van der Waals surface area contributed by atoms with Crippen LogP contribution in [0.3, 0.4) is 0 Å². The van der Waals surface area contributed by atoms with Crippen LogP contribution in [0.2, 0.25) is 5.02 Å². The highest BCUT2D eigenvalue weighted by Crippen LogP contribution is 2.22. The Kier molecular flexibility index (Phi) is 5.14. The highest BCUT2D eigenvalue weighted by Gasteiger charge is 2.39. The maximum Gasteiger partial charge on any atom is 0.275 e. The summed E-state index contributed by atoms with van der Waals surface area (Å²) in [5.41, 5.74) is 0.473. The van der Waals surface area contributed by atoms with E-state index in [1.807, 2.05) is 31.3 Å². The summed E-state index contributed by atoms with van der Waals surface area (Å²) in [6.45, 7) is 2.81. The van der Waals surface area contributed by atoms with Gasteiger partial charge in [0.2, 0.25) is 0 Å². The van der Waals surface area contributed by atoms with E-state index in [1.54, 1.807) is 6.92 Å². The van der Waals surface area contributed by atoms with Gasteiger partial charge in [-0.2, -0.15) is 0 Å². The predicted octanol–water partition coefficient (Wildman–Crippen LogP) is 0.0481. The van der Waals surface area contributed by atoms with Crippen molar-refractivity contribution < 1.29 is 18.1 Å². The fourth-order valence-corrected chi connectivity index (χ4v) is 5.00. The molecule has 0 aliphatic carbocycles. The van der Waals surface area contributed by atoms with E-state index in [1.165, 1.54) is 0 Å². The molecule has 1 amide bonds. The van der Waals surface area contributed by atoms with Gasteiger partial charge in [0.25, 0.3) is 5.91 Å². The molecule has 0 aromatic heterocycles. The van der Waals surface area contributed by atoms with Crippen molar-refractivity contribution in [3.63, 3.8) is 0 Å². The molecule has 2 N–H and O–H groups in total. The second kappa shape index (κ2) is 6.56. The molecule has 5 nitrogen and oxygen atoms in total. The summed E-state index contributed by atoms with van der Waals surface area (Å²) in [5, 5.41) is 3.57. The Bertz CT molecular complexity index is 645. The summed E-state index contributed by atoms with van der Waals surface area (Å²) in [5.74, 6) is 0.0604. The Labute approximate surface area is 136 Å². The molecule has 1 heterocycles. The zero-order valence-electron chi connectivity index (χ0n) is 12.9. The third-order valence-corrected chi connectivity index (χ3v) is 5.98. The monoisotopic (exact) mass is 345 g/mol. The molecule has 2 atom stereocenters. The van der Waals surface area contributed by atoms with Crippen LogP contribution < -0.4 is 10.2 Å². The minimum absolute atomic E-state index is 0.0297. The predicted molar refractivity (Wildman–Crippen MR) is 86.7 cm³/mol. The second-order valence-electron chi connectivity index (χ2n) is 6.39. The quantitative estimate of drug-likeness (QED) is 0.792. The molecule has 0 bridgehead atoms. The molecular formula is C15H22ClN2O3S+. The van der Waals surface area contributed by atoms with Crippen LogP contribution in [0, 0.1) is 0 Å². The topological polar surface area (TPSA) is 67.7 Å². The number of benzene rings is 1. The van der Waals surface area contributed by atoms with Gasteiger partial charge < -0.3 is 10.2 Å². The van der Waals surface area contributed by atoms with Crippen LogP contribution in [-0.4, -0.2) is 45.0 Å². The SMILES string of the molecule is C[NH+](CC(=O)N[C@]1(C)CCS(=O)(=O)C1)Cc1ccc(Cl)cc1. The van der Waals surface area contributed by atoms with Gasteiger partial charge >= 0.3 is 0 Å². The van der Waals surface area contributed by atoms with Gasteiger partial charge in [0, 0.05) is 10.6 Å². The van der Waals surface area contributed by atoms with E-state index in [9.17, 15) is 13.2 Å². The van der Waals surface area contributed by atoms with Crippen LogP contribution in [0.25, 0.3) is 0 Å². The summed E-state index contributed by atoms with van der Waals surface area (Å²) in [7, 11) is -1.08. The van der Waals surface area contributed by atoms with Crippen LogP contribution in [-0.2, 0) is 21.2 Å². The molecule has 1 saturated heterocycles. The van der Waals surface area contributed by atoms with Gasteiger partial charge in [0.05, 0.1) is 24.1 Å². The molecule has 22 heavy (non-hydrogen) atoms. The Morgan fingerprint density at radius 1 is 1.36 bits per heavy atom. The number of likely N-dealkylation sites (N-methyl/N-ethyl adjacent to an activating group) is 1. The number of halogens is 1. The number of hydrogen-bond acceptors (Lipinski definition) is 3. The van der Waals surface area contributed by atoms with Gasteiger partial charge in [-0.1, -0.05) is 23.7 Å². The molecule has 0 saturated carbocycles. The van der Waals surface area contributed by atoms with Gasteiger partial charge in [-0.25, -0.2) is 8.42 Å². The van der Waals surface area contributed by atoms with Crippen LogP contribution in [0.1, 0.15) is 18.9 Å². The number of sulfone groups is 1. The standard InChI is InChI=1S/C15H21ClN2O3S/c1-15(7-8-22(20,21)11-15)17-14(19)10-18(2)9-12-3-5-13(16)6-4-12/h3-6H,7-11H2,1-2H3,(H,17,19)/p+1/t15-/m1/s1. The van der Waals surface area contributed by atoms with E-state index >= 15 is 0 Å². The molecule has 0 radical (unpaired) electrons. The highest BCUT2D eigenvalue weighted by atomic mass is 35.5. The molecule has 2 rings (SSSR count). The molecule has 1 aliphatic heterocycles. The third-order valence-electron chi connectivity index (χ3n) is 3.83. The van der Waals surface area contributed by atoms with Crippen molar-refractivity contribution in [2.24, 2.45) is 0 Å². The molecule has 1 fully saturated rings. The van der Waals surface area contributed by atoms with E-state index in [2.05, 4.69) is 5.32 Å². The lowest BCUT2D eigenvalue weighted by atomic mass is 10.0. The van der Waals surface area contributed by atoms with E-state index < -0.39 is 15.4 Å². The van der Waals surface area contributed by atoms with E-state index in [4.69, 9.17) is 11.6 Å². The van der Waals surface area contributed by atoms with Crippen LogP contribution in [0.4, 0.5) is 0 Å². The largest absolute Gasteiger partial charge is 0.345 e. The van der Waals surface area contributed by atoms with Crippen molar-refractivity contribution in [1.29, 1.82) is 0 Å². The Morgan fingerprint density at radius 3 is 2.55 bits per heavy atom. The molecule has 122 valence electrons. The summed E-state index contributed by atoms with van der Waals surface area (Å²) in [4.78, 5) is 13.2. The number of hydrogen-bond donors (Lipinski definition) is 2. The Balaban J connectivity index is 1.85. The zero-order valence-corrected chi connectivity index (χ0v) is 14.4. The van der Waals surface area contributed by atoms with Crippen LogP contribution in [0.15, 0.2) is 24.3 Å². The first-order chi connectivity index (χ1) is 10.2.